The number of carbonyl (C=O) groups excluding carboxylic acids is 1. The number of halogens is 2. The summed E-state index contributed by atoms with van der Waals surface area (Å²) in [5.41, 5.74) is 1.28. The van der Waals surface area contributed by atoms with Gasteiger partial charge in [0.2, 0.25) is 0 Å². The summed E-state index contributed by atoms with van der Waals surface area (Å²) in [6.45, 7) is -3.03. The van der Waals surface area contributed by atoms with Crippen LogP contribution in [0.5, 0.6) is 17.4 Å². The van der Waals surface area contributed by atoms with Crippen LogP contribution in [-0.2, 0) is 0 Å². The first kappa shape index (κ1) is 20.0. The molecule has 31 heavy (non-hydrogen) atoms. The van der Waals surface area contributed by atoms with Crippen molar-refractivity contribution in [1.82, 2.24) is 19.6 Å². The third-order valence-electron chi connectivity index (χ3n) is 4.03. The molecular formula is C20H15F2N5O4. The highest BCUT2D eigenvalue weighted by atomic mass is 19.3. The summed E-state index contributed by atoms with van der Waals surface area (Å²) in [5.74, 6) is 0.322. The minimum absolute atomic E-state index is 0.0730. The zero-order valence-corrected chi connectivity index (χ0v) is 16.0. The van der Waals surface area contributed by atoms with E-state index < -0.39 is 12.7 Å². The van der Waals surface area contributed by atoms with E-state index in [1.807, 2.05) is 0 Å². The number of nitrogens with zero attached hydrogens (tertiary/aromatic N) is 4. The Morgan fingerprint density at radius 1 is 1.16 bits per heavy atom. The summed E-state index contributed by atoms with van der Waals surface area (Å²) in [7, 11) is 1.30. The van der Waals surface area contributed by atoms with Gasteiger partial charge in [-0.3, -0.25) is 5.32 Å². The topological polar surface area (TPSA) is 99.9 Å². The average molecular weight is 427 g/mol. The first-order chi connectivity index (χ1) is 15.0. The van der Waals surface area contributed by atoms with Gasteiger partial charge in [-0.25, -0.2) is 19.3 Å². The minimum Gasteiger partial charge on any atom is -0.478 e. The SMILES string of the molecule is COc1ncc(-c2ccc3nc(NC(=O)Oc4ccccc4)cn3n2)cc1OC(F)F. The summed E-state index contributed by atoms with van der Waals surface area (Å²) in [5, 5.41) is 6.89. The molecule has 11 heteroatoms. The van der Waals surface area contributed by atoms with Crippen molar-refractivity contribution < 1.29 is 27.8 Å². The molecule has 1 amide bonds. The lowest BCUT2D eigenvalue weighted by molar-refractivity contribution is -0.0515. The Labute approximate surface area is 174 Å². The number of hydrogen-bond acceptors (Lipinski definition) is 7. The number of amides is 1. The van der Waals surface area contributed by atoms with Crippen LogP contribution in [0.15, 0.2) is 60.9 Å². The van der Waals surface area contributed by atoms with Crippen LogP contribution in [0, 0.1) is 0 Å². The van der Waals surface area contributed by atoms with E-state index in [1.165, 1.54) is 30.1 Å². The van der Waals surface area contributed by atoms with Gasteiger partial charge in [0.15, 0.2) is 17.2 Å². The lowest BCUT2D eigenvalue weighted by Gasteiger charge is -2.10. The molecular weight excluding hydrogens is 412 g/mol. The number of anilines is 1. The standard InChI is InChI=1S/C20H15F2N5O4/c1-29-18-15(31-19(21)22)9-12(10-23-18)14-7-8-17-24-16(11-27(17)26-14)25-20(28)30-13-5-3-2-4-6-13/h2-11,19H,1H3,(H,25,28). The van der Waals surface area contributed by atoms with Crippen molar-refractivity contribution in [2.75, 3.05) is 12.4 Å². The fraction of sp³-hybridized carbons (Fsp3) is 0.100. The number of fused-ring (bicyclic) bond motifs is 1. The molecule has 1 aromatic carbocycles. The van der Waals surface area contributed by atoms with E-state index in [0.29, 0.717) is 22.7 Å². The van der Waals surface area contributed by atoms with E-state index >= 15 is 0 Å². The molecule has 4 aromatic rings. The van der Waals surface area contributed by atoms with Gasteiger partial charge in [0.05, 0.1) is 19.0 Å². The highest BCUT2D eigenvalue weighted by Gasteiger charge is 2.15. The number of methoxy groups -OCH3 is 1. The molecule has 0 aliphatic rings. The molecule has 0 aliphatic heterocycles. The second-order valence-corrected chi connectivity index (χ2v) is 6.08. The minimum atomic E-state index is -3.03. The lowest BCUT2D eigenvalue weighted by atomic mass is 10.2. The van der Waals surface area contributed by atoms with Gasteiger partial charge in [-0.1, -0.05) is 18.2 Å². The second kappa shape index (κ2) is 8.61. The van der Waals surface area contributed by atoms with E-state index in [9.17, 15) is 13.6 Å². The van der Waals surface area contributed by atoms with Crippen molar-refractivity contribution in [2.24, 2.45) is 0 Å². The van der Waals surface area contributed by atoms with Crippen molar-refractivity contribution in [3.05, 3.63) is 60.9 Å². The molecule has 0 spiro atoms. The maximum atomic E-state index is 12.6. The fourth-order valence-electron chi connectivity index (χ4n) is 2.73. The monoisotopic (exact) mass is 427 g/mol. The van der Waals surface area contributed by atoms with Crippen LogP contribution in [0.4, 0.5) is 19.4 Å². The van der Waals surface area contributed by atoms with Gasteiger partial charge in [0.25, 0.3) is 5.88 Å². The molecule has 4 rings (SSSR count). The van der Waals surface area contributed by atoms with Crippen molar-refractivity contribution in [2.45, 2.75) is 6.61 Å². The van der Waals surface area contributed by atoms with E-state index in [0.717, 1.165) is 0 Å². The van der Waals surface area contributed by atoms with Crippen LogP contribution >= 0.6 is 0 Å². The number of hydrogen-bond donors (Lipinski definition) is 1. The summed E-state index contributed by atoms with van der Waals surface area (Å²) < 4.78 is 41.3. The molecule has 3 heterocycles. The molecule has 0 atom stereocenters. The summed E-state index contributed by atoms with van der Waals surface area (Å²) in [4.78, 5) is 20.2. The van der Waals surface area contributed by atoms with Crippen LogP contribution in [0.1, 0.15) is 0 Å². The summed E-state index contributed by atoms with van der Waals surface area (Å²) in [6, 6.07) is 13.2. The molecule has 1 N–H and O–H groups in total. The van der Waals surface area contributed by atoms with Gasteiger partial charge in [-0.2, -0.15) is 13.9 Å². The Bertz CT molecular complexity index is 1220. The van der Waals surface area contributed by atoms with Crippen LogP contribution < -0.4 is 19.5 Å². The molecule has 158 valence electrons. The van der Waals surface area contributed by atoms with Gasteiger partial charge in [0.1, 0.15) is 5.75 Å². The Hall–Kier alpha value is -4.28. The van der Waals surface area contributed by atoms with Crippen molar-refractivity contribution in [3.63, 3.8) is 0 Å². The number of imidazole rings is 1. The number of carbonyl (C=O) groups is 1. The van der Waals surface area contributed by atoms with Gasteiger partial charge in [-0.05, 0) is 30.3 Å². The van der Waals surface area contributed by atoms with E-state index in [1.54, 1.807) is 42.5 Å². The second-order valence-electron chi connectivity index (χ2n) is 6.08. The third kappa shape index (κ3) is 4.66. The average Bonchev–Trinajstić information content (AvgIpc) is 3.15. The third-order valence-corrected chi connectivity index (χ3v) is 4.03. The smallest absolute Gasteiger partial charge is 0.418 e. The number of alkyl halides is 2. The number of benzene rings is 1. The van der Waals surface area contributed by atoms with Crippen LogP contribution in [0.2, 0.25) is 0 Å². The number of para-hydroxylation sites is 1. The van der Waals surface area contributed by atoms with E-state index in [-0.39, 0.29) is 17.4 Å². The molecule has 0 aliphatic carbocycles. The fourth-order valence-corrected chi connectivity index (χ4v) is 2.73. The van der Waals surface area contributed by atoms with E-state index in [2.05, 4.69) is 25.1 Å². The van der Waals surface area contributed by atoms with Crippen LogP contribution in [0.25, 0.3) is 16.9 Å². The first-order valence-corrected chi connectivity index (χ1v) is 8.91. The zero-order chi connectivity index (χ0) is 21.8. The molecule has 0 unspecified atom stereocenters. The van der Waals surface area contributed by atoms with Crippen LogP contribution in [0.3, 0.4) is 0 Å². The molecule has 0 saturated carbocycles. The highest BCUT2D eigenvalue weighted by molar-refractivity contribution is 5.85. The number of ether oxygens (including phenoxy) is 3. The number of rotatable bonds is 6. The predicted molar refractivity (Wildman–Crippen MR) is 105 cm³/mol. The Morgan fingerprint density at radius 3 is 2.71 bits per heavy atom. The number of pyridine rings is 1. The van der Waals surface area contributed by atoms with Gasteiger partial charge in [0, 0.05) is 11.8 Å². The molecule has 3 aromatic heterocycles. The number of aromatic nitrogens is 4. The van der Waals surface area contributed by atoms with Gasteiger partial charge >= 0.3 is 12.7 Å². The van der Waals surface area contributed by atoms with Gasteiger partial charge < -0.3 is 14.2 Å². The highest BCUT2D eigenvalue weighted by Crippen LogP contribution is 2.30. The molecule has 0 radical (unpaired) electrons. The number of nitrogens with one attached hydrogen (secondary N) is 1. The Morgan fingerprint density at radius 2 is 1.97 bits per heavy atom. The molecule has 0 saturated heterocycles. The molecule has 9 nitrogen and oxygen atoms in total. The zero-order valence-electron chi connectivity index (χ0n) is 16.0. The Balaban J connectivity index is 1.56. The normalized spacial score (nSPS) is 10.8. The first-order valence-electron chi connectivity index (χ1n) is 8.91. The maximum Gasteiger partial charge on any atom is 0.418 e. The lowest BCUT2D eigenvalue weighted by Crippen LogP contribution is -2.16. The van der Waals surface area contributed by atoms with Crippen molar-refractivity contribution in [3.8, 4) is 28.6 Å². The largest absolute Gasteiger partial charge is 0.478 e. The quantitative estimate of drug-likeness (QED) is 0.496. The predicted octanol–water partition coefficient (Wildman–Crippen LogP) is 4.01. The van der Waals surface area contributed by atoms with E-state index in [4.69, 9.17) is 9.47 Å². The van der Waals surface area contributed by atoms with Crippen molar-refractivity contribution in [1.29, 1.82) is 0 Å². The van der Waals surface area contributed by atoms with Crippen molar-refractivity contribution >= 4 is 17.6 Å². The van der Waals surface area contributed by atoms with Crippen LogP contribution in [-0.4, -0.2) is 39.4 Å². The molecule has 0 fully saturated rings. The summed E-state index contributed by atoms with van der Waals surface area (Å²) in [6.07, 6.45) is 2.19. The summed E-state index contributed by atoms with van der Waals surface area (Å²) >= 11 is 0. The Kier molecular flexibility index (Phi) is 5.56. The molecule has 0 bridgehead atoms. The maximum absolute atomic E-state index is 12.6. The van der Waals surface area contributed by atoms with Gasteiger partial charge in [-0.15, -0.1) is 0 Å².